The maximum absolute atomic E-state index is 6.34. The van der Waals surface area contributed by atoms with Crippen molar-refractivity contribution in [3.05, 3.63) is 64.7 Å². The third kappa shape index (κ3) is 5.21. The van der Waals surface area contributed by atoms with Crippen LogP contribution in [0.15, 0.2) is 49.1 Å². The molecular weight excluding hydrogens is 437 g/mol. The number of rotatable bonds is 8. The number of halogens is 2. The van der Waals surface area contributed by atoms with Crippen LogP contribution in [0.4, 0.5) is 0 Å². The van der Waals surface area contributed by atoms with Crippen molar-refractivity contribution in [2.45, 2.75) is 26.8 Å². The average molecular weight is 458 g/mol. The second-order valence-corrected chi connectivity index (χ2v) is 8.34. The van der Waals surface area contributed by atoms with Gasteiger partial charge in [0.05, 0.1) is 12.3 Å². The molecule has 2 aromatic heterocycles. The Balaban J connectivity index is 1.51. The van der Waals surface area contributed by atoms with Crippen LogP contribution in [0.1, 0.15) is 19.4 Å². The van der Waals surface area contributed by atoms with E-state index in [-0.39, 0.29) is 0 Å². The molecule has 2 aromatic carbocycles. The maximum atomic E-state index is 6.34. The standard InChI is InChI=1S/C21H21Cl2N7O/c1-14(2)11-29-21(26-27-28-29)16-8-18(23)10-19(9-16)31-6-5-15-7-17(22)3-4-20(15)30-13-24-12-25-30/h3-4,7-10,12-14H,5-6,11H2,1-2H3. The predicted molar refractivity (Wildman–Crippen MR) is 119 cm³/mol. The van der Waals surface area contributed by atoms with E-state index in [9.17, 15) is 0 Å². The molecule has 0 amide bonds. The molecule has 0 unspecified atom stereocenters. The van der Waals surface area contributed by atoms with Gasteiger partial charge in [0.1, 0.15) is 18.4 Å². The minimum atomic E-state index is 0.411. The lowest BCUT2D eigenvalue weighted by atomic mass is 10.1. The number of aromatic nitrogens is 7. The largest absolute Gasteiger partial charge is 0.493 e. The molecule has 4 aromatic rings. The highest BCUT2D eigenvalue weighted by Gasteiger charge is 2.13. The minimum Gasteiger partial charge on any atom is -0.493 e. The van der Waals surface area contributed by atoms with Crippen LogP contribution in [0.25, 0.3) is 17.1 Å². The fraction of sp³-hybridized carbons (Fsp3) is 0.286. The quantitative estimate of drug-likeness (QED) is 0.387. The summed E-state index contributed by atoms with van der Waals surface area (Å²) in [6, 6.07) is 11.1. The van der Waals surface area contributed by atoms with Crippen LogP contribution in [-0.2, 0) is 13.0 Å². The molecule has 31 heavy (non-hydrogen) atoms. The number of tetrazole rings is 1. The highest BCUT2D eigenvalue weighted by Crippen LogP contribution is 2.28. The summed E-state index contributed by atoms with van der Waals surface area (Å²) in [6.07, 6.45) is 3.77. The Kier molecular flexibility index (Phi) is 6.48. The van der Waals surface area contributed by atoms with Crippen LogP contribution in [0.3, 0.4) is 0 Å². The van der Waals surface area contributed by atoms with Crippen LogP contribution in [0, 0.1) is 5.92 Å². The highest BCUT2D eigenvalue weighted by molar-refractivity contribution is 6.31. The van der Waals surface area contributed by atoms with Gasteiger partial charge in [-0.2, -0.15) is 5.10 Å². The highest BCUT2D eigenvalue weighted by atomic mass is 35.5. The molecule has 10 heteroatoms. The molecule has 2 heterocycles. The van der Waals surface area contributed by atoms with Gasteiger partial charge in [-0.3, -0.25) is 0 Å². The average Bonchev–Trinajstić information content (AvgIpc) is 3.39. The van der Waals surface area contributed by atoms with Gasteiger partial charge >= 0.3 is 0 Å². The van der Waals surface area contributed by atoms with Crippen molar-refractivity contribution in [3.8, 4) is 22.8 Å². The van der Waals surface area contributed by atoms with Gasteiger partial charge in [-0.15, -0.1) is 5.10 Å². The van der Waals surface area contributed by atoms with Crippen LogP contribution in [0.2, 0.25) is 10.0 Å². The third-order valence-corrected chi connectivity index (χ3v) is 5.00. The Bertz CT molecular complexity index is 1160. The molecule has 0 radical (unpaired) electrons. The van der Waals surface area contributed by atoms with Crippen LogP contribution < -0.4 is 4.74 Å². The molecule has 8 nitrogen and oxygen atoms in total. The molecule has 0 aliphatic rings. The molecule has 4 rings (SSSR count). The van der Waals surface area contributed by atoms with Crippen LogP contribution in [0.5, 0.6) is 5.75 Å². The van der Waals surface area contributed by atoms with Gasteiger partial charge in [-0.25, -0.2) is 14.3 Å². The second-order valence-electron chi connectivity index (χ2n) is 7.47. The van der Waals surface area contributed by atoms with Crippen molar-refractivity contribution < 1.29 is 4.74 Å². The van der Waals surface area contributed by atoms with Crippen molar-refractivity contribution in [3.63, 3.8) is 0 Å². The summed E-state index contributed by atoms with van der Waals surface area (Å²) >= 11 is 12.5. The fourth-order valence-electron chi connectivity index (χ4n) is 3.24. The zero-order valence-electron chi connectivity index (χ0n) is 17.1. The number of ether oxygens (including phenoxy) is 1. The number of benzene rings is 2. The summed E-state index contributed by atoms with van der Waals surface area (Å²) in [5.74, 6) is 1.71. The molecular formula is C21H21Cl2N7O. The molecule has 160 valence electrons. The van der Waals surface area contributed by atoms with E-state index >= 15 is 0 Å². The van der Waals surface area contributed by atoms with Crippen molar-refractivity contribution in [1.29, 1.82) is 0 Å². The topological polar surface area (TPSA) is 83.5 Å². The SMILES string of the molecule is CC(C)Cn1nnnc1-c1cc(Cl)cc(OCCc2cc(Cl)ccc2-n2cncn2)c1. The van der Waals surface area contributed by atoms with Gasteiger partial charge in [-0.05, 0) is 58.3 Å². The van der Waals surface area contributed by atoms with E-state index in [1.807, 2.05) is 30.3 Å². The van der Waals surface area contributed by atoms with Gasteiger partial charge in [0.15, 0.2) is 5.82 Å². The van der Waals surface area contributed by atoms with Crippen LogP contribution in [-0.4, -0.2) is 41.6 Å². The second kappa shape index (κ2) is 9.45. The summed E-state index contributed by atoms with van der Waals surface area (Å²) in [6.45, 7) is 5.37. The van der Waals surface area contributed by atoms with Gasteiger partial charge in [0.2, 0.25) is 0 Å². The lowest BCUT2D eigenvalue weighted by Crippen LogP contribution is -2.08. The Labute approximate surface area is 189 Å². The van der Waals surface area contributed by atoms with Gasteiger partial charge in [-0.1, -0.05) is 37.0 Å². The smallest absolute Gasteiger partial charge is 0.182 e. The number of nitrogens with zero attached hydrogens (tertiary/aromatic N) is 7. The zero-order chi connectivity index (χ0) is 21.8. The molecule has 0 atom stereocenters. The summed E-state index contributed by atoms with van der Waals surface area (Å²) in [5.41, 5.74) is 2.71. The molecule has 0 spiro atoms. The van der Waals surface area contributed by atoms with E-state index in [1.54, 1.807) is 21.8 Å². The molecule has 0 bridgehead atoms. The lowest BCUT2D eigenvalue weighted by Gasteiger charge is -2.12. The van der Waals surface area contributed by atoms with Gasteiger partial charge in [0, 0.05) is 28.6 Å². The third-order valence-electron chi connectivity index (χ3n) is 4.55. The zero-order valence-corrected chi connectivity index (χ0v) is 18.6. The normalized spacial score (nSPS) is 11.3. The lowest BCUT2D eigenvalue weighted by molar-refractivity contribution is 0.322. The molecule has 0 fully saturated rings. The first-order valence-corrected chi connectivity index (χ1v) is 10.6. The first kappa shape index (κ1) is 21.3. The van der Waals surface area contributed by atoms with Crippen molar-refractivity contribution in [2.75, 3.05) is 6.61 Å². The predicted octanol–water partition coefficient (Wildman–Crippen LogP) is 4.51. The number of hydrogen-bond acceptors (Lipinski definition) is 6. The summed E-state index contributed by atoms with van der Waals surface area (Å²) in [7, 11) is 0. The van der Waals surface area contributed by atoms with Crippen LogP contribution >= 0.6 is 23.2 Å². The summed E-state index contributed by atoms with van der Waals surface area (Å²) < 4.78 is 9.49. The Morgan fingerprint density at radius 1 is 1.06 bits per heavy atom. The Morgan fingerprint density at radius 2 is 1.94 bits per heavy atom. The Hall–Kier alpha value is -2.97. The minimum absolute atomic E-state index is 0.411. The van der Waals surface area contributed by atoms with Crippen molar-refractivity contribution in [1.82, 2.24) is 35.0 Å². The summed E-state index contributed by atoms with van der Waals surface area (Å²) in [5, 5.41) is 17.5. The molecule has 0 aliphatic carbocycles. The van der Waals surface area contributed by atoms with E-state index in [4.69, 9.17) is 27.9 Å². The molecule has 0 N–H and O–H groups in total. The molecule has 0 saturated heterocycles. The Morgan fingerprint density at radius 3 is 2.71 bits per heavy atom. The van der Waals surface area contributed by atoms with E-state index < -0.39 is 0 Å². The number of hydrogen-bond donors (Lipinski definition) is 0. The van der Waals surface area contributed by atoms with E-state index in [1.165, 1.54) is 6.33 Å². The monoisotopic (exact) mass is 457 g/mol. The van der Waals surface area contributed by atoms with Crippen molar-refractivity contribution in [2.24, 2.45) is 5.92 Å². The fourth-order valence-corrected chi connectivity index (χ4v) is 3.66. The van der Waals surface area contributed by atoms with Crippen molar-refractivity contribution >= 4 is 23.2 Å². The first-order valence-electron chi connectivity index (χ1n) is 9.83. The summed E-state index contributed by atoms with van der Waals surface area (Å²) in [4.78, 5) is 4.01. The molecule has 0 saturated carbocycles. The van der Waals surface area contributed by atoms with E-state index in [0.717, 1.165) is 16.8 Å². The van der Waals surface area contributed by atoms with Gasteiger partial charge in [0.25, 0.3) is 0 Å². The van der Waals surface area contributed by atoms with E-state index in [0.29, 0.717) is 47.1 Å². The maximum Gasteiger partial charge on any atom is 0.182 e. The first-order chi connectivity index (χ1) is 15.0. The molecule has 0 aliphatic heterocycles. The van der Waals surface area contributed by atoms with Gasteiger partial charge < -0.3 is 4.74 Å². The van der Waals surface area contributed by atoms with E-state index in [2.05, 4.69) is 39.5 Å².